The molecule has 0 unspecified atom stereocenters. The third kappa shape index (κ3) is 8.58. The van der Waals surface area contributed by atoms with Crippen LogP contribution in [0.2, 0.25) is 0 Å². The fourth-order valence-electron chi connectivity index (χ4n) is 1.94. The van der Waals surface area contributed by atoms with Gasteiger partial charge in [-0.3, -0.25) is 9.40 Å². The second-order valence-electron chi connectivity index (χ2n) is 5.15. The van der Waals surface area contributed by atoms with Gasteiger partial charge in [-0.2, -0.15) is 5.48 Å². The molecule has 132 valence electrons. The van der Waals surface area contributed by atoms with Gasteiger partial charge in [0.25, 0.3) is 0 Å². The summed E-state index contributed by atoms with van der Waals surface area (Å²) in [5.41, 5.74) is 3.69. The molecule has 0 radical (unpaired) electrons. The first-order valence-corrected chi connectivity index (χ1v) is 9.17. The molecular weight excluding hydrogens is 321 g/mol. The molecular formula is C15H26NO6P. The number of rotatable bonds is 12. The maximum Gasteiger partial charge on any atom is 0.330 e. The van der Waals surface area contributed by atoms with Crippen molar-refractivity contribution >= 4 is 7.60 Å². The van der Waals surface area contributed by atoms with Crippen LogP contribution in [0.5, 0.6) is 0 Å². The first kappa shape index (κ1) is 20.3. The van der Waals surface area contributed by atoms with E-state index in [1.165, 1.54) is 14.2 Å². The van der Waals surface area contributed by atoms with Crippen molar-refractivity contribution < 1.29 is 28.7 Å². The number of aliphatic hydroxyl groups is 2. The number of hydrogen-bond acceptors (Lipinski definition) is 7. The van der Waals surface area contributed by atoms with E-state index in [0.717, 1.165) is 5.56 Å². The minimum Gasteiger partial charge on any atom is -0.393 e. The fourth-order valence-corrected chi connectivity index (χ4v) is 3.07. The number of aliphatic hydroxyl groups excluding tert-OH is 2. The van der Waals surface area contributed by atoms with Crippen LogP contribution in [0.1, 0.15) is 18.4 Å². The van der Waals surface area contributed by atoms with E-state index in [9.17, 15) is 14.8 Å². The Morgan fingerprint density at radius 3 is 2.39 bits per heavy atom. The van der Waals surface area contributed by atoms with Crippen LogP contribution in [0.4, 0.5) is 0 Å². The van der Waals surface area contributed by atoms with Gasteiger partial charge in [0, 0.05) is 27.2 Å². The average molecular weight is 347 g/mol. The third-order valence-corrected chi connectivity index (χ3v) is 5.26. The molecule has 0 fully saturated rings. The molecule has 1 aromatic carbocycles. The normalized spacial score (nSPS) is 14.6. The van der Waals surface area contributed by atoms with Crippen molar-refractivity contribution in [2.45, 2.75) is 31.7 Å². The summed E-state index contributed by atoms with van der Waals surface area (Å²) in [5, 5.41) is 19.7. The Morgan fingerprint density at radius 1 is 1.13 bits per heavy atom. The predicted molar refractivity (Wildman–Crippen MR) is 87.0 cm³/mol. The Labute approximate surface area is 137 Å². The number of nitrogens with one attached hydrogen (secondary N) is 1. The quantitative estimate of drug-likeness (QED) is 0.301. The van der Waals surface area contributed by atoms with Crippen molar-refractivity contribution in [3.63, 3.8) is 0 Å². The van der Waals surface area contributed by atoms with E-state index < -0.39 is 19.8 Å². The van der Waals surface area contributed by atoms with Crippen LogP contribution in [0.3, 0.4) is 0 Å². The van der Waals surface area contributed by atoms with Crippen molar-refractivity contribution in [2.24, 2.45) is 0 Å². The summed E-state index contributed by atoms with van der Waals surface area (Å²) in [6.45, 7) is 0.580. The molecule has 7 nitrogen and oxygen atoms in total. The number of hydrogen-bond donors (Lipinski definition) is 3. The minimum absolute atomic E-state index is 0.103. The number of benzene rings is 1. The van der Waals surface area contributed by atoms with E-state index in [4.69, 9.17) is 13.9 Å². The van der Waals surface area contributed by atoms with Crippen LogP contribution < -0.4 is 5.48 Å². The van der Waals surface area contributed by atoms with Gasteiger partial charge in [-0.1, -0.05) is 30.3 Å². The standard InChI is InChI=1S/C15H26NO6P/c1-20-23(19,21-2)9-8-14(17)10-15(18)11-16-22-12-13-6-4-3-5-7-13/h3-7,14-18H,8-12H2,1-2H3/t14-,15-/m1/s1. The van der Waals surface area contributed by atoms with Crippen LogP contribution in [0.25, 0.3) is 0 Å². The van der Waals surface area contributed by atoms with E-state index in [1.807, 2.05) is 30.3 Å². The summed E-state index contributed by atoms with van der Waals surface area (Å²) in [7, 11) is -0.510. The first-order valence-electron chi connectivity index (χ1n) is 7.44. The highest BCUT2D eigenvalue weighted by Gasteiger charge is 2.23. The van der Waals surface area contributed by atoms with E-state index in [2.05, 4.69) is 5.48 Å². The van der Waals surface area contributed by atoms with Crippen molar-refractivity contribution in [2.75, 3.05) is 26.9 Å². The molecule has 3 N–H and O–H groups in total. The maximum atomic E-state index is 11.8. The third-order valence-electron chi connectivity index (χ3n) is 3.34. The minimum atomic E-state index is -3.12. The summed E-state index contributed by atoms with van der Waals surface area (Å²) in [6.07, 6.45) is -1.09. The number of hydroxylamine groups is 1. The highest BCUT2D eigenvalue weighted by Crippen LogP contribution is 2.47. The molecule has 8 heteroatoms. The zero-order chi connectivity index (χ0) is 17.1. The molecule has 0 aliphatic rings. The van der Waals surface area contributed by atoms with Gasteiger partial charge in [0.15, 0.2) is 0 Å². The van der Waals surface area contributed by atoms with E-state index >= 15 is 0 Å². The zero-order valence-corrected chi connectivity index (χ0v) is 14.4. The van der Waals surface area contributed by atoms with Gasteiger partial charge in [-0.15, -0.1) is 0 Å². The van der Waals surface area contributed by atoms with Crippen molar-refractivity contribution in [1.82, 2.24) is 5.48 Å². The summed E-state index contributed by atoms with van der Waals surface area (Å²) < 4.78 is 21.4. The lowest BCUT2D eigenvalue weighted by Crippen LogP contribution is -2.30. The first-order chi connectivity index (χ1) is 11.0. The van der Waals surface area contributed by atoms with Crippen molar-refractivity contribution in [3.8, 4) is 0 Å². The molecule has 0 bridgehead atoms. The average Bonchev–Trinajstić information content (AvgIpc) is 2.57. The molecule has 0 spiro atoms. The van der Waals surface area contributed by atoms with E-state index in [0.29, 0.717) is 6.61 Å². The lowest BCUT2D eigenvalue weighted by Gasteiger charge is -2.18. The van der Waals surface area contributed by atoms with Gasteiger partial charge in [-0.25, -0.2) is 0 Å². The van der Waals surface area contributed by atoms with Crippen LogP contribution >= 0.6 is 7.60 Å². The highest BCUT2D eigenvalue weighted by atomic mass is 31.2. The molecule has 0 aliphatic carbocycles. The van der Waals surface area contributed by atoms with E-state index in [-0.39, 0.29) is 25.5 Å². The Morgan fingerprint density at radius 2 is 1.78 bits per heavy atom. The van der Waals surface area contributed by atoms with Crippen LogP contribution in [0.15, 0.2) is 30.3 Å². The summed E-state index contributed by atoms with van der Waals surface area (Å²) in [5.74, 6) is 0. The molecule has 0 heterocycles. The Bertz CT molecular complexity index is 464. The fraction of sp³-hybridized carbons (Fsp3) is 0.600. The second kappa shape index (κ2) is 10.9. The largest absolute Gasteiger partial charge is 0.393 e. The van der Waals surface area contributed by atoms with Gasteiger partial charge < -0.3 is 19.3 Å². The topological polar surface area (TPSA) is 97.3 Å². The molecule has 2 atom stereocenters. The zero-order valence-electron chi connectivity index (χ0n) is 13.6. The molecule has 0 amide bonds. The summed E-state index contributed by atoms with van der Waals surface area (Å²) >= 11 is 0. The Hall–Kier alpha value is -0.790. The molecule has 1 rings (SSSR count). The summed E-state index contributed by atoms with van der Waals surface area (Å²) in [4.78, 5) is 5.24. The summed E-state index contributed by atoms with van der Waals surface area (Å²) in [6, 6.07) is 9.64. The molecule has 1 aromatic rings. The molecule has 0 saturated heterocycles. The lowest BCUT2D eigenvalue weighted by atomic mass is 10.1. The Kier molecular flexibility index (Phi) is 9.59. The van der Waals surface area contributed by atoms with Crippen molar-refractivity contribution in [3.05, 3.63) is 35.9 Å². The lowest BCUT2D eigenvalue weighted by molar-refractivity contribution is -0.00797. The second-order valence-corrected chi connectivity index (χ2v) is 7.55. The molecule has 0 saturated carbocycles. The van der Waals surface area contributed by atoms with Gasteiger partial charge in [-0.05, 0) is 12.0 Å². The monoisotopic (exact) mass is 347 g/mol. The smallest absolute Gasteiger partial charge is 0.330 e. The predicted octanol–water partition coefficient (Wildman–Crippen LogP) is 1.70. The Balaban J connectivity index is 2.15. The van der Waals surface area contributed by atoms with Gasteiger partial charge in [0.2, 0.25) is 0 Å². The van der Waals surface area contributed by atoms with Crippen LogP contribution in [-0.4, -0.2) is 49.3 Å². The molecule has 23 heavy (non-hydrogen) atoms. The van der Waals surface area contributed by atoms with Gasteiger partial charge in [0.05, 0.1) is 25.0 Å². The van der Waals surface area contributed by atoms with Gasteiger partial charge >= 0.3 is 7.60 Å². The van der Waals surface area contributed by atoms with Crippen LogP contribution in [-0.2, 0) is 25.1 Å². The van der Waals surface area contributed by atoms with Crippen LogP contribution in [0, 0.1) is 0 Å². The highest BCUT2D eigenvalue weighted by molar-refractivity contribution is 7.53. The van der Waals surface area contributed by atoms with E-state index in [1.54, 1.807) is 0 Å². The van der Waals surface area contributed by atoms with Crippen molar-refractivity contribution in [1.29, 1.82) is 0 Å². The SMILES string of the molecule is COP(=O)(CC[C@@H](O)C[C@@H](O)CNOCc1ccccc1)OC. The molecule has 0 aromatic heterocycles. The maximum absolute atomic E-state index is 11.8. The molecule has 0 aliphatic heterocycles. The van der Waals surface area contributed by atoms with Gasteiger partial charge in [0.1, 0.15) is 0 Å².